The van der Waals surface area contributed by atoms with E-state index in [9.17, 15) is 4.79 Å². The van der Waals surface area contributed by atoms with E-state index in [1.807, 2.05) is 4.57 Å². The molecule has 0 saturated heterocycles. The first-order chi connectivity index (χ1) is 8.19. The van der Waals surface area contributed by atoms with Crippen LogP contribution < -0.4 is 11.1 Å². The zero-order chi connectivity index (χ0) is 12.7. The Balaban J connectivity index is 2.51. The van der Waals surface area contributed by atoms with Crippen LogP contribution in [0.2, 0.25) is 0 Å². The fourth-order valence-electron chi connectivity index (χ4n) is 1.39. The standard InChI is InChI=1S/C10H19N5OS/c1-3-5-15-9(7-11)13-14-10(15)17-6-4-12-8(2)16/h3-7,11H2,1-2H3,(H,12,16). The van der Waals surface area contributed by atoms with E-state index in [1.165, 1.54) is 6.92 Å². The lowest BCUT2D eigenvalue weighted by Crippen LogP contribution is -2.22. The van der Waals surface area contributed by atoms with E-state index in [0.29, 0.717) is 13.1 Å². The normalized spacial score (nSPS) is 10.5. The maximum Gasteiger partial charge on any atom is 0.216 e. The third-order valence-corrected chi connectivity index (χ3v) is 3.10. The number of thioether (sulfide) groups is 1. The average Bonchev–Trinajstić information content (AvgIpc) is 2.67. The van der Waals surface area contributed by atoms with Crippen molar-refractivity contribution in [3.05, 3.63) is 5.82 Å². The van der Waals surface area contributed by atoms with Crippen LogP contribution in [0.1, 0.15) is 26.1 Å². The zero-order valence-corrected chi connectivity index (χ0v) is 11.1. The molecule has 7 heteroatoms. The summed E-state index contributed by atoms with van der Waals surface area (Å²) < 4.78 is 2.04. The average molecular weight is 257 g/mol. The Morgan fingerprint density at radius 2 is 2.29 bits per heavy atom. The van der Waals surface area contributed by atoms with Crippen molar-refractivity contribution in [2.24, 2.45) is 5.73 Å². The molecule has 1 rings (SSSR count). The van der Waals surface area contributed by atoms with Crippen molar-refractivity contribution in [1.82, 2.24) is 20.1 Å². The Labute approximate surface area is 105 Å². The quantitative estimate of drug-likeness (QED) is 0.544. The number of carbonyl (C=O) groups excluding carboxylic acids is 1. The van der Waals surface area contributed by atoms with Crippen molar-refractivity contribution in [2.45, 2.75) is 38.5 Å². The van der Waals surface area contributed by atoms with Crippen LogP contribution in [0.25, 0.3) is 0 Å². The molecule has 0 bridgehead atoms. The zero-order valence-electron chi connectivity index (χ0n) is 10.3. The molecule has 0 aliphatic carbocycles. The van der Waals surface area contributed by atoms with Gasteiger partial charge >= 0.3 is 0 Å². The molecule has 0 saturated carbocycles. The van der Waals surface area contributed by atoms with Crippen molar-refractivity contribution in [1.29, 1.82) is 0 Å². The second-order valence-electron chi connectivity index (χ2n) is 3.59. The largest absolute Gasteiger partial charge is 0.356 e. The topological polar surface area (TPSA) is 85.8 Å². The van der Waals surface area contributed by atoms with Gasteiger partial charge in [-0.2, -0.15) is 0 Å². The van der Waals surface area contributed by atoms with Crippen LogP contribution in [0.4, 0.5) is 0 Å². The predicted octanol–water partition coefficient (Wildman–Crippen LogP) is 0.375. The van der Waals surface area contributed by atoms with Crippen LogP contribution >= 0.6 is 11.8 Å². The summed E-state index contributed by atoms with van der Waals surface area (Å²) in [7, 11) is 0. The van der Waals surface area contributed by atoms with E-state index in [1.54, 1.807) is 11.8 Å². The van der Waals surface area contributed by atoms with Gasteiger partial charge in [-0.05, 0) is 6.42 Å². The third kappa shape index (κ3) is 4.35. The fraction of sp³-hybridized carbons (Fsp3) is 0.700. The summed E-state index contributed by atoms with van der Waals surface area (Å²) in [5.41, 5.74) is 5.60. The van der Waals surface area contributed by atoms with Crippen molar-refractivity contribution in [3.8, 4) is 0 Å². The SMILES string of the molecule is CCCn1c(CN)nnc1SCCNC(C)=O. The molecule has 0 aliphatic rings. The highest BCUT2D eigenvalue weighted by atomic mass is 32.2. The Bertz CT molecular complexity index is 366. The van der Waals surface area contributed by atoms with E-state index >= 15 is 0 Å². The van der Waals surface area contributed by atoms with E-state index < -0.39 is 0 Å². The highest BCUT2D eigenvalue weighted by Gasteiger charge is 2.10. The molecule has 0 aliphatic heterocycles. The van der Waals surface area contributed by atoms with Crippen molar-refractivity contribution < 1.29 is 4.79 Å². The number of nitrogens with two attached hydrogens (primary N) is 1. The number of rotatable bonds is 7. The van der Waals surface area contributed by atoms with Gasteiger partial charge in [-0.1, -0.05) is 18.7 Å². The van der Waals surface area contributed by atoms with Gasteiger partial charge in [0.2, 0.25) is 5.91 Å². The summed E-state index contributed by atoms with van der Waals surface area (Å²) in [6.07, 6.45) is 1.02. The highest BCUT2D eigenvalue weighted by Crippen LogP contribution is 2.16. The first-order valence-corrected chi connectivity index (χ1v) is 6.67. The Hall–Kier alpha value is -1.08. The summed E-state index contributed by atoms with van der Waals surface area (Å²) in [4.78, 5) is 10.7. The summed E-state index contributed by atoms with van der Waals surface area (Å²) in [6, 6.07) is 0. The van der Waals surface area contributed by atoms with Gasteiger partial charge in [0, 0.05) is 25.8 Å². The first-order valence-electron chi connectivity index (χ1n) is 5.68. The van der Waals surface area contributed by atoms with Crippen molar-refractivity contribution >= 4 is 17.7 Å². The van der Waals surface area contributed by atoms with Crippen LogP contribution in [-0.4, -0.2) is 33.0 Å². The molecule has 3 N–H and O–H groups in total. The monoisotopic (exact) mass is 257 g/mol. The highest BCUT2D eigenvalue weighted by molar-refractivity contribution is 7.99. The molecule has 0 radical (unpaired) electrons. The van der Waals surface area contributed by atoms with Crippen LogP contribution in [0.3, 0.4) is 0 Å². The van der Waals surface area contributed by atoms with Crippen molar-refractivity contribution in [3.63, 3.8) is 0 Å². The fourth-order valence-corrected chi connectivity index (χ4v) is 2.23. The Morgan fingerprint density at radius 1 is 1.53 bits per heavy atom. The lowest BCUT2D eigenvalue weighted by Gasteiger charge is -2.07. The first kappa shape index (κ1) is 14.0. The number of nitrogens with zero attached hydrogens (tertiary/aromatic N) is 3. The van der Waals surface area contributed by atoms with E-state index in [2.05, 4.69) is 22.4 Å². The molecule has 1 heterocycles. The molecule has 17 heavy (non-hydrogen) atoms. The molecule has 0 fully saturated rings. The number of hydrogen-bond donors (Lipinski definition) is 2. The minimum absolute atomic E-state index is 0.0109. The van der Waals surface area contributed by atoms with Gasteiger partial charge in [-0.15, -0.1) is 10.2 Å². The molecule has 0 unspecified atom stereocenters. The molecule has 96 valence electrons. The Kier molecular flexibility index (Phi) is 5.99. The van der Waals surface area contributed by atoms with Gasteiger partial charge < -0.3 is 15.6 Å². The number of hydrogen-bond acceptors (Lipinski definition) is 5. The minimum Gasteiger partial charge on any atom is -0.356 e. The third-order valence-electron chi connectivity index (χ3n) is 2.13. The Morgan fingerprint density at radius 3 is 2.88 bits per heavy atom. The molecule has 1 aromatic heterocycles. The van der Waals surface area contributed by atoms with E-state index in [-0.39, 0.29) is 5.91 Å². The second-order valence-corrected chi connectivity index (χ2v) is 4.65. The lowest BCUT2D eigenvalue weighted by atomic mass is 10.4. The van der Waals surface area contributed by atoms with E-state index in [0.717, 1.165) is 29.7 Å². The second kappa shape index (κ2) is 7.29. The van der Waals surface area contributed by atoms with Gasteiger partial charge in [0.15, 0.2) is 5.16 Å². The number of aromatic nitrogens is 3. The number of nitrogens with one attached hydrogen (secondary N) is 1. The van der Waals surface area contributed by atoms with Gasteiger partial charge in [0.05, 0.1) is 6.54 Å². The maximum absolute atomic E-state index is 10.7. The summed E-state index contributed by atoms with van der Waals surface area (Å²) in [6.45, 7) is 5.53. The van der Waals surface area contributed by atoms with Gasteiger partial charge in [-0.25, -0.2) is 0 Å². The summed E-state index contributed by atoms with van der Waals surface area (Å²) in [5, 5.41) is 11.8. The molecule has 0 aromatic carbocycles. The lowest BCUT2D eigenvalue weighted by molar-refractivity contribution is -0.118. The van der Waals surface area contributed by atoms with Gasteiger partial charge in [0.25, 0.3) is 0 Å². The van der Waals surface area contributed by atoms with Crippen LogP contribution in [0.15, 0.2) is 5.16 Å². The summed E-state index contributed by atoms with van der Waals surface area (Å²) >= 11 is 1.58. The number of amides is 1. The number of carbonyl (C=O) groups is 1. The van der Waals surface area contributed by atoms with Gasteiger partial charge in [0.1, 0.15) is 5.82 Å². The van der Waals surface area contributed by atoms with Crippen LogP contribution in [0.5, 0.6) is 0 Å². The molecular formula is C10H19N5OS. The smallest absolute Gasteiger partial charge is 0.216 e. The van der Waals surface area contributed by atoms with E-state index in [4.69, 9.17) is 5.73 Å². The molecular weight excluding hydrogens is 238 g/mol. The maximum atomic E-state index is 10.7. The minimum atomic E-state index is -0.0109. The van der Waals surface area contributed by atoms with Crippen molar-refractivity contribution in [2.75, 3.05) is 12.3 Å². The molecule has 6 nitrogen and oxygen atoms in total. The summed E-state index contributed by atoms with van der Waals surface area (Å²) in [5.74, 6) is 1.59. The molecule has 1 aromatic rings. The van der Waals surface area contributed by atoms with Crippen LogP contribution in [-0.2, 0) is 17.9 Å². The molecule has 0 atom stereocenters. The predicted molar refractivity (Wildman–Crippen MR) is 67.6 cm³/mol. The molecule has 1 amide bonds. The van der Waals surface area contributed by atoms with Crippen LogP contribution in [0, 0.1) is 0 Å². The molecule has 0 spiro atoms. The van der Waals surface area contributed by atoms with Gasteiger partial charge in [-0.3, -0.25) is 4.79 Å².